The molecule has 1 aliphatic rings. The Hall–Kier alpha value is -0.830. The monoisotopic (exact) mass is 193 g/mol. The molecule has 0 saturated heterocycles. The topological polar surface area (TPSA) is 40.7 Å². The minimum absolute atomic E-state index is 0.147. The maximum Gasteiger partial charge on any atom is 0.0678 e. The molecule has 1 aromatic rings. The van der Waals surface area contributed by atoms with Crippen LogP contribution in [-0.4, -0.2) is 16.2 Å². The third-order valence-corrected chi connectivity index (χ3v) is 2.56. The number of aromatic nitrogens is 2. The van der Waals surface area contributed by atoms with Crippen LogP contribution in [0.25, 0.3) is 0 Å². The van der Waals surface area contributed by atoms with E-state index in [-0.39, 0.29) is 5.41 Å². The molecular formula is C11H19N3. The van der Waals surface area contributed by atoms with Crippen LogP contribution in [0.5, 0.6) is 0 Å². The van der Waals surface area contributed by atoms with Crippen LogP contribution >= 0.6 is 0 Å². The third-order valence-electron chi connectivity index (χ3n) is 2.56. The quantitative estimate of drug-likeness (QED) is 0.770. The van der Waals surface area contributed by atoms with Crippen molar-refractivity contribution in [2.45, 2.75) is 51.6 Å². The summed E-state index contributed by atoms with van der Waals surface area (Å²) in [6, 6.07) is 2.92. The van der Waals surface area contributed by atoms with Gasteiger partial charge in [-0.25, -0.2) is 0 Å². The van der Waals surface area contributed by atoms with Crippen molar-refractivity contribution in [2.75, 3.05) is 0 Å². The van der Waals surface area contributed by atoms with Crippen molar-refractivity contribution in [3.05, 3.63) is 17.5 Å². The van der Waals surface area contributed by atoms with E-state index in [1.807, 2.05) is 0 Å². The van der Waals surface area contributed by atoms with Gasteiger partial charge >= 0.3 is 0 Å². The molecule has 3 heteroatoms. The van der Waals surface area contributed by atoms with Gasteiger partial charge in [0.2, 0.25) is 0 Å². The molecule has 1 saturated carbocycles. The van der Waals surface area contributed by atoms with Crippen LogP contribution in [0.4, 0.5) is 0 Å². The summed E-state index contributed by atoms with van der Waals surface area (Å²) in [5, 5.41) is 10.9. The first-order valence-electron chi connectivity index (χ1n) is 5.34. The van der Waals surface area contributed by atoms with E-state index in [0.717, 1.165) is 18.3 Å². The minimum atomic E-state index is 0.147. The first kappa shape index (κ1) is 9.71. The molecule has 0 spiro atoms. The lowest BCUT2D eigenvalue weighted by atomic mass is 9.92. The Bertz CT molecular complexity index is 305. The van der Waals surface area contributed by atoms with E-state index in [1.165, 1.54) is 18.5 Å². The molecular weight excluding hydrogens is 174 g/mol. The van der Waals surface area contributed by atoms with Crippen molar-refractivity contribution >= 4 is 0 Å². The molecule has 0 unspecified atom stereocenters. The number of hydrogen-bond donors (Lipinski definition) is 2. The van der Waals surface area contributed by atoms with Gasteiger partial charge in [-0.1, -0.05) is 20.8 Å². The smallest absolute Gasteiger partial charge is 0.0678 e. The van der Waals surface area contributed by atoms with Gasteiger partial charge in [-0.3, -0.25) is 5.10 Å². The van der Waals surface area contributed by atoms with Crippen LogP contribution in [0.1, 0.15) is 45.0 Å². The Morgan fingerprint density at radius 1 is 1.50 bits per heavy atom. The molecule has 2 rings (SSSR count). The van der Waals surface area contributed by atoms with E-state index in [4.69, 9.17) is 0 Å². The summed E-state index contributed by atoms with van der Waals surface area (Å²) in [4.78, 5) is 0. The van der Waals surface area contributed by atoms with E-state index in [9.17, 15) is 0 Å². The number of hydrogen-bond acceptors (Lipinski definition) is 2. The molecule has 0 atom stereocenters. The van der Waals surface area contributed by atoms with Gasteiger partial charge in [0.05, 0.1) is 5.69 Å². The van der Waals surface area contributed by atoms with E-state index >= 15 is 0 Å². The minimum Gasteiger partial charge on any atom is -0.308 e. The Morgan fingerprint density at radius 3 is 2.71 bits per heavy atom. The van der Waals surface area contributed by atoms with Crippen molar-refractivity contribution in [3.63, 3.8) is 0 Å². The first-order chi connectivity index (χ1) is 6.55. The summed E-state index contributed by atoms with van der Waals surface area (Å²) >= 11 is 0. The summed E-state index contributed by atoms with van der Waals surface area (Å²) in [5.41, 5.74) is 2.49. The fourth-order valence-electron chi connectivity index (χ4n) is 1.38. The lowest BCUT2D eigenvalue weighted by Crippen LogP contribution is -2.15. The predicted molar refractivity (Wildman–Crippen MR) is 57.1 cm³/mol. The van der Waals surface area contributed by atoms with Gasteiger partial charge < -0.3 is 5.32 Å². The van der Waals surface area contributed by atoms with Gasteiger partial charge in [0, 0.05) is 23.7 Å². The zero-order valence-electron chi connectivity index (χ0n) is 9.22. The second kappa shape index (κ2) is 3.39. The Labute approximate surface area is 85.3 Å². The molecule has 1 aliphatic carbocycles. The SMILES string of the molecule is CC(C)(C)c1cc(CNC2CC2)[nH]n1. The second-order valence-corrected chi connectivity index (χ2v) is 5.18. The van der Waals surface area contributed by atoms with Crippen molar-refractivity contribution in [2.24, 2.45) is 0 Å². The summed E-state index contributed by atoms with van der Waals surface area (Å²) in [6.45, 7) is 7.47. The highest BCUT2D eigenvalue weighted by atomic mass is 15.1. The summed E-state index contributed by atoms with van der Waals surface area (Å²) in [6.07, 6.45) is 2.67. The van der Waals surface area contributed by atoms with Crippen LogP contribution in [0.2, 0.25) is 0 Å². The number of aromatic amines is 1. The zero-order valence-corrected chi connectivity index (χ0v) is 9.22. The van der Waals surface area contributed by atoms with Crippen molar-refractivity contribution in [1.82, 2.24) is 15.5 Å². The molecule has 0 radical (unpaired) electrons. The van der Waals surface area contributed by atoms with Gasteiger partial charge in [-0.15, -0.1) is 0 Å². The van der Waals surface area contributed by atoms with Crippen LogP contribution in [0.3, 0.4) is 0 Å². The molecule has 1 heterocycles. The Balaban J connectivity index is 1.94. The van der Waals surface area contributed by atoms with Crippen LogP contribution < -0.4 is 5.32 Å². The average Bonchev–Trinajstić information content (AvgIpc) is 2.77. The fraction of sp³-hybridized carbons (Fsp3) is 0.727. The van der Waals surface area contributed by atoms with Gasteiger partial charge in [-0.05, 0) is 18.9 Å². The molecule has 3 nitrogen and oxygen atoms in total. The van der Waals surface area contributed by atoms with Gasteiger partial charge in [-0.2, -0.15) is 5.10 Å². The standard InChI is InChI=1S/C11H19N3/c1-11(2,3)10-6-9(13-14-10)7-12-8-4-5-8/h6,8,12H,4-5,7H2,1-3H3,(H,13,14). The maximum absolute atomic E-state index is 4.32. The first-order valence-corrected chi connectivity index (χ1v) is 5.34. The van der Waals surface area contributed by atoms with Crippen LogP contribution in [-0.2, 0) is 12.0 Å². The number of rotatable bonds is 3. The molecule has 78 valence electrons. The van der Waals surface area contributed by atoms with Crippen LogP contribution in [0.15, 0.2) is 6.07 Å². The average molecular weight is 193 g/mol. The second-order valence-electron chi connectivity index (χ2n) is 5.18. The van der Waals surface area contributed by atoms with Gasteiger partial charge in [0.25, 0.3) is 0 Å². The number of H-pyrrole nitrogens is 1. The van der Waals surface area contributed by atoms with E-state index in [2.05, 4.69) is 42.4 Å². The van der Waals surface area contributed by atoms with E-state index in [1.54, 1.807) is 0 Å². The molecule has 2 N–H and O–H groups in total. The largest absolute Gasteiger partial charge is 0.308 e. The summed E-state index contributed by atoms with van der Waals surface area (Å²) in [5.74, 6) is 0. The lowest BCUT2D eigenvalue weighted by Gasteiger charge is -2.13. The van der Waals surface area contributed by atoms with Gasteiger partial charge in [0.1, 0.15) is 0 Å². The third kappa shape index (κ3) is 2.35. The Morgan fingerprint density at radius 2 is 2.21 bits per heavy atom. The number of nitrogens with one attached hydrogen (secondary N) is 2. The molecule has 14 heavy (non-hydrogen) atoms. The molecule has 1 fully saturated rings. The molecule has 1 aromatic heterocycles. The molecule has 0 aliphatic heterocycles. The highest BCUT2D eigenvalue weighted by Crippen LogP contribution is 2.21. The molecule has 0 amide bonds. The number of nitrogens with zero attached hydrogens (tertiary/aromatic N) is 1. The van der Waals surface area contributed by atoms with Crippen LogP contribution in [0, 0.1) is 0 Å². The maximum atomic E-state index is 4.32. The molecule has 0 bridgehead atoms. The lowest BCUT2D eigenvalue weighted by molar-refractivity contribution is 0.567. The normalized spacial score (nSPS) is 17.4. The Kier molecular flexibility index (Phi) is 2.35. The summed E-state index contributed by atoms with van der Waals surface area (Å²) < 4.78 is 0. The van der Waals surface area contributed by atoms with E-state index in [0.29, 0.717) is 0 Å². The fourth-order valence-corrected chi connectivity index (χ4v) is 1.38. The van der Waals surface area contributed by atoms with Gasteiger partial charge in [0.15, 0.2) is 0 Å². The van der Waals surface area contributed by atoms with Crippen molar-refractivity contribution in [3.8, 4) is 0 Å². The summed E-state index contributed by atoms with van der Waals surface area (Å²) in [7, 11) is 0. The molecule has 0 aromatic carbocycles. The predicted octanol–water partition coefficient (Wildman–Crippen LogP) is 1.96. The van der Waals surface area contributed by atoms with Crippen molar-refractivity contribution in [1.29, 1.82) is 0 Å². The van der Waals surface area contributed by atoms with Crippen molar-refractivity contribution < 1.29 is 0 Å². The van der Waals surface area contributed by atoms with E-state index < -0.39 is 0 Å². The highest BCUT2D eigenvalue weighted by Gasteiger charge is 2.21. The highest BCUT2D eigenvalue weighted by molar-refractivity contribution is 5.16. The zero-order chi connectivity index (χ0) is 10.2.